The Morgan fingerprint density at radius 1 is 1.06 bits per heavy atom. The van der Waals surface area contributed by atoms with Crippen molar-refractivity contribution in [2.45, 2.75) is 24.9 Å². The molecule has 2 aromatic heterocycles. The third-order valence-electron chi connectivity index (χ3n) is 5.56. The Bertz CT molecular complexity index is 1260. The molecule has 0 aliphatic carbocycles. The van der Waals surface area contributed by atoms with E-state index in [2.05, 4.69) is 20.3 Å². The van der Waals surface area contributed by atoms with Gasteiger partial charge in [-0.15, -0.1) is 5.10 Å². The van der Waals surface area contributed by atoms with Crippen molar-refractivity contribution in [3.63, 3.8) is 0 Å². The first-order valence-electron chi connectivity index (χ1n) is 10.2. The predicted molar refractivity (Wildman–Crippen MR) is 118 cm³/mol. The number of hydrogen-bond acceptors (Lipinski definition) is 6. The van der Waals surface area contributed by atoms with Gasteiger partial charge in [0.2, 0.25) is 5.82 Å². The number of halogens is 3. The van der Waals surface area contributed by atoms with Crippen LogP contribution >= 0.6 is 11.6 Å². The topological polar surface area (TPSA) is 85.8 Å². The first kappa shape index (κ1) is 20.7. The van der Waals surface area contributed by atoms with Crippen LogP contribution in [0.1, 0.15) is 23.4 Å². The maximum atomic E-state index is 15.4. The van der Waals surface area contributed by atoms with Crippen LogP contribution in [-0.4, -0.2) is 44.1 Å². The highest BCUT2D eigenvalue weighted by Gasteiger charge is 2.39. The lowest BCUT2D eigenvalue weighted by Crippen LogP contribution is -2.28. The Hall–Kier alpha value is -3.17. The molecule has 4 aromatic rings. The van der Waals surface area contributed by atoms with E-state index in [-0.39, 0.29) is 23.8 Å². The Kier molecular flexibility index (Phi) is 5.22. The highest BCUT2D eigenvalue weighted by Crippen LogP contribution is 2.36. The van der Waals surface area contributed by atoms with Gasteiger partial charge in [-0.1, -0.05) is 65.3 Å². The molecule has 7 nitrogen and oxygen atoms in total. The molecule has 1 aliphatic rings. The van der Waals surface area contributed by atoms with Crippen molar-refractivity contribution < 1.29 is 8.78 Å². The molecule has 1 unspecified atom stereocenters. The van der Waals surface area contributed by atoms with Gasteiger partial charge in [0.05, 0.1) is 6.54 Å². The second-order valence-electron chi connectivity index (χ2n) is 7.82. The van der Waals surface area contributed by atoms with E-state index in [1.165, 1.54) is 16.8 Å². The normalized spacial score (nSPS) is 16.8. The van der Waals surface area contributed by atoms with E-state index in [0.717, 1.165) is 12.0 Å². The van der Waals surface area contributed by atoms with Crippen LogP contribution in [0.5, 0.6) is 0 Å². The van der Waals surface area contributed by atoms with Gasteiger partial charge in [0.1, 0.15) is 0 Å². The molecule has 0 spiro atoms. The van der Waals surface area contributed by atoms with Gasteiger partial charge in [-0.25, -0.2) is 14.6 Å². The lowest BCUT2D eigenvalue weighted by molar-refractivity contribution is 0.0332. The Morgan fingerprint density at radius 3 is 2.53 bits per heavy atom. The summed E-state index contributed by atoms with van der Waals surface area (Å²) < 4.78 is 32.4. The summed E-state index contributed by atoms with van der Waals surface area (Å²) in [5.74, 6) is -3.68. The fraction of sp³-hybridized carbons (Fsp3) is 0.273. The van der Waals surface area contributed by atoms with Gasteiger partial charge in [-0.2, -0.15) is 8.78 Å². The van der Waals surface area contributed by atoms with Crippen LogP contribution in [-0.2, 0) is 12.5 Å². The van der Waals surface area contributed by atoms with E-state index >= 15 is 8.78 Å². The maximum absolute atomic E-state index is 15.4. The summed E-state index contributed by atoms with van der Waals surface area (Å²) in [6.45, 7) is 1.34. The first-order chi connectivity index (χ1) is 15.4. The zero-order valence-electron chi connectivity index (χ0n) is 17.0. The number of nitrogens with zero attached hydrogens (tertiary/aromatic N) is 6. The third-order valence-corrected chi connectivity index (χ3v) is 5.93. The zero-order valence-corrected chi connectivity index (χ0v) is 17.8. The van der Waals surface area contributed by atoms with Crippen molar-refractivity contribution in [3.8, 4) is 0 Å². The second-order valence-corrected chi connectivity index (χ2v) is 8.22. The van der Waals surface area contributed by atoms with Crippen molar-refractivity contribution in [3.05, 3.63) is 76.6 Å². The maximum Gasteiger partial charge on any atom is 0.331 e. The summed E-state index contributed by atoms with van der Waals surface area (Å²) in [5, 5.41) is 8.96. The lowest BCUT2D eigenvalue weighted by Gasteiger charge is -2.21. The molecular formula is C22H20ClF2N7. The summed E-state index contributed by atoms with van der Waals surface area (Å²) in [6, 6.07) is 14.7. The number of rotatable bonds is 5. The molecule has 164 valence electrons. The van der Waals surface area contributed by atoms with Crippen LogP contribution in [0.25, 0.3) is 11.2 Å². The van der Waals surface area contributed by atoms with Crippen molar-refractivity contribution >= 4 is 28.6 Å². The molecule has 10 heteroatoms. The van der Waals surface area contributed by atoms with E-state index in [1.807, 2.05) is 23.1 Å². The monoisotopic (exact) mass is 455 g/mol. The van der Waals surface area contributed by atoms with Gasteiger partial charge in [0.25, 0.3) is 0 Å². The minimum absolute atomic E-state index is 0.0590. The number of anilines is 1. The number of benzene rings is 2. The fourth-order valence-corrected chi connectivity index (χ4v) is 4.05. The zero-order chi connectivity index (χ0) is 22.3. The van der Waals surface area contributed by atoms with E-state index in [4.69, 9.17) is 17.3 Å². The number of fused-ring (bicyclic) bond motifs is 1. The minimum atomic E-state index is -3.40. The summed E-state index contributed by atoms with van der Waals surface area (Å²) in [4.78, 5) is 10.4. The molecule has 5 rings (SSSR count). The van der Waals surface area contributed by atoms with Gasteiger partial charge in [-0.3, -0.25) is 0 Å². The summed E-state index contributed by atoms with van der Waals surface area (Å²) in [5.41, 5.74) is 7.23. The quantitative estimate of drug-likeness (QED) is 0.495. The van der Waals surface area contributed by atoms with E-state index < -0.39 is 11.7 Å². The standard InChI is InChI=1S/C22H20ClF2N7/c23-17-9-5-4-6-14(17)12-32-20-18(29-30-32)19(31-11-10-16(26)13-31)27-21(28-20)22(24,25)15-7-2-1-3-8-15/h1-9,16H,10-13,26H2. The largest absolute Gasteiger partial charge is 0.353 e. The number of hydrogen-bond donors (Lipinski definition) is 1. The van der Waals surface area contributed by atoms with E-state index in [0.29, 0.717) is 29.4 Å². The first-order valence-corrected chi connectivity index (χ1v) is 10.6. The average molecular weight is 456 g/mol. The van der Waals surface area contributed by atoms with Crippen LogP contribution in [0, 0.1) is 0 Å². The molecule has 0 bridgehead atoms. The minimum Gasteiger partial charge on any atom is -0.353 e. The van der Waals surface area contributed by atoms with Crippen molar-refractivity contribution in [2.24, 2.45) is 5.73 Å². The molecule has 0 amide bonds. The lowest BCUT2D eigenvalue weighted by atomic mass is 10.1. The van der Waals surface area contributed by atoms with Gasteiger partial charge >= 0.3 is 5.92 Å². The highest BCUT2D eigenvalue weighted by molar-refractivity contribution is 6.31. The number of alkyl halides is 2. The molecule has 1 aliphatic heterocycles. The molecule has 2 N–H and O–H groups in total. The van der Waals surface area contributed by atoms with Crippen molar-refractivity contribution in [2.75, 3.05) is 18.0 Å². The molecule has 0 radical (unpaired) electrons. The van der Waals surface area contributed by atoms with E-state index in [1.54, 1.807) is 24.3 Å². The molecule has 1 saturated heterocycles. The number of aromatic nitrogens is 5. The van der Waals surface area contributed by atoms with Crippen LogP contribution in [0.4, 0.5) is 14.6 Å². The molecule has 32 heavy (non-hydrogen) atoms. The van der Waals surface area contributed by atoms with Crippen molar-refractivity contribution in [1.82, 2.24) is 25.0 Å². The van der Waals surface area contributed by atoms with Crippen LogP contribution < -0.4 is 10.6 Å². The summed E-state index contributed by atoms with van der Waals surface area (Å²) in [6.07, 6.45) is 0.740. The SMILES string of the molecule is NC1CCN(c2nc(C(F)(F)c3ccccc3)nc3c2nnn3Cc2ccccc2Cl)C1. The second kappa shape index (κ2) is 8.07. The van der Waals surface area contributed by atoms with Crippen molar-refractivity contribution in [1.29, 1.82) is 0 Å². The molecule has 3 heterocycles. The predicted octanol–water partition coefficient (Wildman–Crippen LogP) is 3.60. The molecular weight excluding hydrogens is 436 g/mol. The van der Waals surface area contributed by atoms with Gasteiger partial charge in [0.15, 0.2) is 17.0 Å². The van der Waals surface area contributed by atoms with Gasteiger partial charge < -0.3 is 10.6 Å². The summed E-state index contributed by atoms with van der Waals surface area (Å²) in [7, 11) is 0. The molecule has 0 saturated carbocycles. The fourth-order valence-electron chi connectivity index (χ4n) is 3.85. The Morgan fingerprint density at radius 2 is 1.81 bits per heavy atom. The van der Waals surface area contributed by atoms with Crippen LogP contribution in [0.3, 0.4) is 0 Å². The Balaban J connectivity index is 1.66. The highest BCUT2D eigenvalue weighted by atomic mass is 35.5. The third kappa shape index (κ3) is 3.67. The number of nitrogens with two attached hydrogens (primary N) is 1. The average Bonchev–Trinajstić information content (AvgIpc) is 3.41. The molecule has 2 aromatic carbocycles. The summed E-state index contributed by atoms with van der Waals surface area (Å²) >= 11 is 6.29. The smallest absolute Gasteiger partial charge is 0.331 e. The van der Waals surface area contributed by atoms with Crippen LogP contribution in [0.2, 0.25) is 5.02 Å². The van der Waals surface area contributed by atoms with E-state index in [9.17, 15) is 0 Å². The van der Waals surface area contributed by atoms with Gasteiger partial charge in [-0.05, 0) is 18.1 Å². The molecule has 1 atom stereocenters. The molecule has 1 fully saturated rings. The Labute approximate surface area is 187 Å². The van der Waals surface area contributed by atoms with Gasteiger partial charge in [0, 0.05) is 29.7 Å². The van der Waals surface area contributed by atoms with Crippen LogP contribution in [0.15, 0.2) is 54.6 Å².